The molecule has 2 N–H and O–H groups in total. The van der Waals surface area contributed by atoms with Gasteiger partial charge >= 0.3 is 0 Å². The summed E-state index contributed by atoms with van der Waals surface area (Å²) in [4.78, 5) is 24.1. The summed E-state index contributed by atoms with van der Waals surface area (Å²) in [6.07, 6.45) is 0.247. The van der Waals surface area contributed by atoms with Crippen LogP contribution in [0.1, 0.15) is 60.6 Å². The molecule has 2 aromatic carbocycles. The van der Waals surface area contributed by atoms with Gasteiger partial charge in [0.2, 0.25) is 5.91 Å². The van der Waals surface area contributed by atoms with E-state index in [9.17, 15) is 9.59 Å². The lowest BCUT2D eigenvalue weighted by atomic mass is 9.99. The van der Waals surface area contributed by atoms with Crippen molar-refractivity contribution < 1.29 is 9.59 Å². The van der Waals surface area contributed by atoms with Crippen molar-refractivity contribution in [3.05, 3.63) is 69.7 Å². The number of nitrogens with one attached hydrogen (secondary N) is 2. The third kappa shape index (κ3) is 5.99. The lowest BCUT2D eigenvalue weighted by molar-refractivity contribution is -0.121. The number of amides is 2. The van der Waals surface area contributed by atoms with Crippen molar-refractivity contribution >= 4 is 27.7 Å². The van der Waals surface area contributed by atoms with Crippen LogP contribution in [0.3, 0.4) is 0 Å². The molecule has 2 aromatic rings. The normalized spacial score (nSPS) is 11.9. The highest BCUT2D eigenvalue weighted by molar-refractivity contribution is 9.10. The first-order valence-electron chi connectivity index (χ1n) is 8.80. The smallest absolute Gasteiger partial charge is 0.251 e. The fourth-order valence-electron chi connectivity index (χ4n) is 2.56. The molecule has 0 saturated heterocycles. The first kappa shape index (κ1) is 20.2. The number of halogens is 1. The van der Waals surface area contributed by atoms with Crippen LogP contribution < -0.4 is 10.6 Å². The molecule has 0 spiro atoms. The van der Waals surface area contributed by atoms with Crippen LogP contribution in [-0.4, -0.2) is 18.4 Å². The summed E-state index contributed by atoms with van der Waals surface area (Å²) in [6, 6.07) is 15.3. The molecule has 0 radical (unpaired) electrons. The van der Waals surface area contributed by atoms with E-state index in [1.54, 1.807) is 12.1 Å². The molecule has 0 aliphatic rings. The van der Waals surface area contributed by atoms with E-state index in [-0.39, 0.29) is 24.3 Å². The van der Waals surface area contributed by atoms with Crippen LogP contribution in [0.15, 0.2) is 53.0 Å². The Kier molecular flexibility index (Phi) is 7.39. The molecule has 0 aliphatic heterocycles. The Morgan fingerprint density at radius 2 is 1.50 bits per heavy atom. The molecular formula is C21H25BrN2O2. The molecule has 1 atom stereocenters. The molecular weight excluding hydrogens is 392 g/mol. The molecule has 5 heteroatoms. The van der Waals surface area contributed by atoms with Crippen molar-refractivity contribution in [3.63, 3.8) is 0 Å². The third-order valence-electron chi connectivity index (χ3n) is 4.22. The second kappa shape index (κ2) is 9.53. The van der Waals surface area contributed by atoms with Crippen LogP contribution in [-0.2, 0) is 4.79 Å². The van der Waals surface area contributed by atoms with Gasteiger partial charge in [-0.25, -0.2) is 0 Å². The predicted octanol–water partition coefficient (Wildman–Crippen LogP) is 4.57. The zero-order valence-electron chi connectivity index (χ0n) is 15.4. The molecule has 0 aromatic heterocycles. The quantitative estimate of drug-likeness (QED) is 0.694. The summed E-state index contributed by atoms with van der Waals surface area (Å²) >= 11 is 3.33. The van der Waals surface area contributed by atoms with Gasteiger partial charge in [0.05, 0.1) is 6.04 Å². The fourth-order valence-corrected chi connectivity index (χ4v) is 2.82. The minimum Gasteiger partial charge on any atom is -0.352 e. The number of benzene rings is 2. The second-order valence-electron chi connectivity index (χ2n) is 6.62. The maximum atomic E-state index is 12.1. The van der Waals surface area contributed by atoms with Gasteiger partial charge in [0.25, 0.3) is 5.91 Å². The van der Waals surface area contributed by atoms with Gasteiger partial charge in [-0.05, 0) is 48.2 Å². The van der Waals surface area contributed by atoms with E-state index in [2.05, 4.69) is 64.7 Å². The van der Waals surface area contributed by atoms with E-state index < -0.39 is 0 Å². The van der Waals surface area contributed by atoms with Gasteiger partial charge in [-0.15, -0.1) is 0 Å². The van der Waals surface area contributed by atoms with Crippen LogP contribution >= 0.6 is 15.9 Å². The third-order valence-corrected chi connectivity index (χ3v) is 4.75. The lowest BCUT2D eigenvalue weighted by Crippen LogP contribution is -2.32. The highest BCUT2D eigenvalue weighted by atomic mass is 79.9. The van der Waals surface area contributed by atoms with Crippen molar-refractivity contribution in [2.75, 3.05) is 6.54 Å². The Morgan fingerprint density at radius 1 is 0.923 bits per heavy atom. The summed E-state index contributed by atoms with van der Waals surface area (Å²) < 4.78 is 0.920. The first-order valence-corrected chi connectivity index (χ1v) is 9.59. The Labute approximate surface area is 163 Å². The molecule has 2 rings (SSSR count). The van der Waals surface area contributed by atoms with E-state index >= 15 is 0 Å². The maximum absolute atomic E-state index is 12.1. The van der Waals surface area contributed by atoms with Crippen molar-refractivity contribution in [2.45, 2.75) is 39.2 Å². The Balaban J connectivity index is 1.77. The molecule has 1 unspecified atom stereocenters. The van der Waals surface area contributed by atoms with Crippen LogP contribution in [0, 0.1) is 0 Å². The average Bonchev–Trinajstić information content (AvgIpc) is 2.62. The van der Waals surface area contributed by atoms with E-state index in [4.69, 9.17) is 0 Å². The van der Waals surface area contributed by atoms with E-state index in [1.165, 1.54) is 5.56 Å². The SMILES string of the molecule is CC(C)c1ccc(C(C)NC(=O)CCNC(=O)c2ccc(Br)cc2)cc1. The number of rotatable bonds is 7. The van der Waals surface area contributed by atoms with Crippen molar-refractivity contribution in [3.8, 4) is 0 Å². The predicted molar refractivity (Wildman–Crippen MR) is 108 cm³/mol. The van der Waals surface area contributed by atoms with Crippen LogP contribution in [0.4, 0.5) is 0 Å². The van der Waals surface area contributed by atoms with Crippen molar-refractivity contribution in [1.82, 2.24) is 10.6 Å². The van der Waals surface area contributed by atoms with E-state index in [0.717, 1.165) is 10.0 Å². The van der Waals surface area contributed by atoms with E-state index in [0.29, 0.717) is 18.0 Å². The maximum Gasteiger partial charge on any atom is 0.251 e. The Hall–Kier alpha value is -2.14. The molecule has 138 valence electrons. The topological polar surface area (TPSA) is 58.2 Å². The number of hydrogen-bond acceptors (Lipinski definition) is 2. The molecule has 4 nitrogen and oxygen atoms in total. The zero-order valence-corrected chi connectivity index (χ0v) is 17.0. The van der Waals surface area contributed by atoms with Gasteiger partial charge in [0, 0.05) is 23.0 Å². The lowest BCUT2D eigenvalue weighted by Gasteiger charge is -2.16. The summed E-state index contributed by atoms with van der Waals surface area (Å²) in [5.74, 6) is 0.229. The van der Waals surface area contributed by atoms with Crippen LogP contribution in [0.5, 0.6) is 0 Å². The molecule has 0 aliphatic carbocycles. The minimum atomic E-state index is -0.178. The highest BCUT2D eigenvalue weighted by Crippen LogP contribution is 2.18. The second-order valence-corrected chi connectivity index (χ2v) is 7.54. The summed E-state index contributed by atoms with van der Waals surface area (Å²) in [5.41, 5.74) is 2.93. The summed E-state index contributed by atoms with van der Waals surface area (Å²) in [6.45, 7) is 6.58. The molecule has 2 amide bonds. The van der Waals surface area contributed by atoms with Crippen LogP contribution in [0.25, 0.3) is 0 Å². The number of carbonyl (C=O) groups is 2. The molecule has 0 fully saturated rings. The summed E-state index contributed by atoms with van der Waals surface area (Å²) in [5, 5.41) is 5.74. The number of hydrogen-bond donors (Lipinski definition) is 2. The molecule has 26 heavy (non-hydrogen) atoms. The zero-order chi connectivity index (χ0) is 19.1. The Morgan fingerprint density at radius 3 is 2.08 bits per heavy atom. The summed E-state index contributed by atoms with van der Waals surface area (Å²) in [7, 11) is 0. The first-order chi connectivity index (χ1) is 12.4. The van der Waals surface area contributed by atoms with Gasteiger partial charge in [0.1, 0.15) is 0 Å². The average molecular weight is 417 g/mol. The number of carbonyl (C=O) groups excluding carboxylic acids is 2. The van der Waals surface area contributed by atoms with Crippen molar-refractivity contribution in [2.24, 2.45) is 0 Å². The molecule has 0 bridgehead atoms. The largest absolute Gasteiger partial charge is 0.352 e. The highest BCUT2D eigenvalue weighted by Gasteiger charge is 2.11. The monoisotopic (exact) mass is 416 g/mol. The van der Waals surface area contributed by atoms with Gasteiger partial charge in [-0.2, -0.15) is 0 Å². The van der Waals surface area contributed by atoms with Crippen molar-refractivity contribution in [1.29, 1.82) is 0 Å². The van der Waals surface area contributed by atoms with E-state index in [1.807, 2.05) is 19.1 Å². The fraction of sp³-hybridized carbons (Fsp3) is 0.333. The Bertz CT molecular complexity index is 740. The molecule has 0 saturated carbocycles. The van der Waals surface area contributed by atoms with Gasteiger partial charge in [0.15, 0.2) is 0 Å². The minimum absolute atomic E-state index is 0.0640. The molecule has 0 heterocycles. The van der Waals surface area contributed by atoms with Gasteiger partial charge in [-0.3, -0.25) is 9.59 Å². The van der Waals surface area contributed by atoms with Crippen LogP contribution in [0.2, 0.25) is 0 Å². The standard InChI is InChI=1S/C21H25BrN2O2/c1-14(2)16-4-6-17(7-5-16)15(3)24-20(25)12-13-23-21(26)18-8-10-19(22)11-9-18/h4-11,14-15H,12-13H2,1-3H3,(H,23,26)(H,24,25). The van der Waals surface area contributed by atoms with Gasteiger partial charge < -0.3 is 10.6 Å². The van der Waals surface area contributed by atoms with Gasteiger partial charge in [-0.1, -0.05) is 54.0 Å².